The van der Waals surface area contributed by atoms with Crippen LogP contribution in [-0.2, 0) is 6.54 Å². The SMILES string of the molecule is CCN(CC)CCCN(CC)c1ccc(Cl)cc1CNC. The summed E-state index contributed by atoms with van der Waals surface area (Å²) in [5, 5.41) is 4.04. The van der Waals surface area contributed by atoms with Crippen molar-refractivity contribution in [1.82, 2.24) is 10.2 Å². The lowest BCUT2D eigenvalue weighted by Crippen LogP contribution is -2.30. The number of nitrogens with one attached hydrogen (secondary N) is 1. The first-order valence-electron chi connectivity index (χ1n) is 8.06. The van der Waals surface area contributed by atoms with Crippen LogP contribution in [0, 0.1) is 0 Å². The number of nitrogens with zero attached hydrogens (tertiary/aromatic N) is 2. The summed E-state index contributed by atoms with van der Waals surface area (Å²) in [7, 11) is 1.97. The topological polar surface area (TPSA) is 18.5 Å². The molecule has 0 radical (unpaired) electrons. The van der Waals surface area contributed by atoms with Crippen molar-refractivity contribution < 1.29 is 0 Å². The van der Waals surface area contributed by atoms with Crippen molar-refractivity contribution in [2.24, 2.45) is 0 Å². The second-order valence-electron chi connectivity index (χ2n) is 5.26. The van der Waals surface area contributed by atoms with Gasteiger partial charge in [0.1, 0.15) is 0 Å². The Morgan fingerprint density at radius 2 is 1.76 bits per heavy atom. The van der Waals surface area contributed by atoms with E-state index in [1.54, 1.807) is 0 Å². The van der Waals surface area contributed by atoms with E-state index in [9.17, 15) is 0 Å². The first-order chi connectivity index (χ1) is 10.2. The van der Waals surface area contributed by atoms with Crippen LogP contribution < -0.4 is 10.2 Å². The molecule has 0 fully saturated rings. The molecule has 0 aromatic heterocycles. The normalized spacial score (nSPS) is 11.1. The fraction of sp³-hybridized carbons (Fsp3) is 0.647. The number of halogens is 1. The van der Waals surface area contributed by atoms with E-state index in [-0.39, 0.29) is 0 Å². The summed E-state index contributed by atoms with van der Waals surface area (Å²) in [5.41, 5.74) is 2.57. The largest absolute Gasteiger partial charge is 0.372 e. The van der Waals surface area contributed by atoms with Gasteiger partial charge in [-0.05, 0) is 63.8 Å². The molecular weight excluding hydrogens is 282 g/mol. The molecule has 0 bridgehead atoms. The molecule has 1 aromatic rings. The minimum atomic E-state index is 0.809. The Morgan fingerprint density at radius 1 is 1.05 bits per heavy atom. The summed E-state index contributed by atoms with van der Waals surface area (Å²) in [6, 6.07) is 6.21. The molecule has 21 heavy (non-hydrogen) atoms. The fourth-order valence-corrected chi connectivity index (χ4v) is 2.86. The Bertz CT molecular complexity index is 405. The molecule has 1 rings (SSSR count). The summed E-state index contributed by atoms with van der Waals surface area (Å²) in [4.78, 5) is 4.93. The minimum Gasteiger partial charge on any atom is -0.372 e. The zero-order valence-electron chi connectivity index (χ0n) is 14.0. The zero-order chi connectivity index (χ0) is 15.7. The van der Waals surface area contributed by atoms with Gasteiger partial charge in [0.15, 0.2) is 0 Å². The van der Waals surface area contributed by atoms with Gasteiger partial charge in [-0.3, -0.25) is 0 Å². The molecule has 1 N–H and O–H groups in total. The standard InChI is InChI=1S/C17H30ClN3/c1-5-20(6-2)11-8-12-21(7-3)17-10-9-16(18)13-15(17)14-19-4/h9-10,13,19H,5-8,11-12,14H2,1-4H3. The van der Waals surface area contributed by atoms with E-state index in [0.717, 1.165) is 37.7 Å². The van der Waals surface area contributed by atoms with Gasteiger partial charge in [0.25, 0.3) is 0 Å². The van der Waals surface area contributed by atoms with Gasteiger partial charge in [0.2, 0.25) is 0 Å². The van der Waals surface area contributed by atoms with Crippen LogP contribution in [0.15, 0.2) is 18.2 Å². The Labute approximate surface area is 135 Å². The van der Waals surface area contributed by atoms with Crippen LogP contribution in [0.2, 0.25) is 5.02 Å². The predicted octanol–water partition coefficient (Wildman–Crippen LogP) is 3.62. The second-order valence-corrected chi connectivity index (χ2v) is 5.70. The average molecular weight is 312 g/mol. The van der Waals surface area contributed by atoms with Crippen LogP contribution in [0.1, 0.15) is 32.8 Å². The quantitative estimate of drug-likeness (QED) is 0.712. The van der Waals surface area contributed by atoms with E-state index in [1.165, 1.54) is 24.2 Å². The number of hydrogen-bond donors (Lipinski definition) is 1. The molecule has 4 heteroatoms. The molecule has 0 saturated carbocycles. The maximum atomic E-state index is 6.13. The van der Waals surface area contributed by atoms with Gasteiger partial charge < -0.3 is 15.1 Å². The van der Waals surface area contributed by atoms with Gasteiger partial charge in [-0.2, -0.15) is 0 Å². The van der Waals surface area contributed by atoms with Crippen molar-refractivity contribution in [1.29, 1.82) is 0 Å². The first kappa shape index (κ1) is 18.3. The third kappa shape index (κ3) is 5.85. The smallest absolute Gasteiger partial charge is 0.0412 e. The Morgan fingerprint density at radius 3 is 2.33 bits per heavy atom. The van der Waals surface area contributed by atoms with Gasteiger partial charge >= 0.3 is 0 Å². The summed E-state index contributed by atoms with van der Waals surface area (Å²) >= 11 is 6.13. The van der Waals surface area contributed by atoms with Crippen molar-refractivity contribution in [3.8, 4) is 0 Å². The molecular formula is C17H30ClN3. The van der Waals surface area contributed by atoms with Gasteiger partial charge in [0, 0.05) is 30.3 Å². The van der Waals surface area contributed by atoms with E-state index in [2.05, 4.69) is 48.0 Å². The van der Waals surface area contributed by atoms with E-state index < -0.39 is 0 Å². The number of hydrogen-bond acceptors (Lipinski definition) is 3. The summed E-state index contributed by atoms with van der Waals surface area (Å²) < 4.78 is 0. The van der Waals surface area contributed by atoms with Crippen LogP contribution in [0.4, 0.5) is 5.69 Å². The van der Waals surface area contributed by atoms with Gasteiger partial charge in [-0.15, -0.1) is 0 Å². The van der Waals surface area contributed by atoms with Crippen molar-refractivity contribution >= 4 is 17.3 Å². The van der Waals surface area contributed by atoms with E-state index in [0.29, 0.717) is 0 Å². The molecule has 0 aliphatic carbocycles. The van der Waals surface area contributed by atoms with Crippen LogP contribution in [0.25, 0.3) is 0 Å². The predicted molar refractivity (Wildman–Crippen MR) is 94.5 cm³/mol. The Hall–Kier alpha value is -0.770. The third-order valence-electron chi connectivity index (χ3n) is 3.93. The number of benzene rings is 1. The summed E-state index contributed by atoms with van der Waals surface area (Å²) in [6.45, 7) is 13.1. The van der Waals surface area contributed by atoms with Gasteiger partial charge in [0.05, 0.1) is 0 Å². The molecule has 0 atom stereocenters. The molecule has 0 spiro atoms. The van der Waals surface area contributed by atoms with Crippen LogP contribution >= 0.6 is 11.6 Å². The average Bonchev–Trinajstić information content (AvgIpc) is 2.49. The van der Waals surface area contributed by atoms with E-state index in [4.69, 9.17) is 11.6 Å². The fourth-order valence-electron chi connectivity index (χ4n) is 2.67. The molecule has 120 valence electrons. The summed E-state index contributed by atoms with van der Waals surface area (Å²) in [5.74, 6) is 0. The zero-order valence-corrected chi connectivity index (χ0v) is 14.7. The van der Waals surface area contributed by atoms with Crippen molar-refractivity contribution in [2.75, 3.05) is 44.7 Å². The molecule has 3 nitrogen and oxygen atoms in total. The van der Waals surface area contributed by atoms with Crippen LogP contribution in [-0.4, -0.2) is 44.7 Å². The van der Waals surface area contributed by atoms with Crippen molar-refractivity contribution in [2.45, 2.75) is 33.7 Å². The maximum absolute atomic E-state index is 6.13. The second kappa shape index (κ2) is 10.0. The molecule has 0 amide bonds. The highest BCUT2D eigenvalue weighted by Gasteiger charge is 2.10. The molecule has 0 unspecified atom stereocenters. The van der Waals surface area contributed by atoms with Crippen molar-refractivity contribution in [3.05, 3.63) is 28.8 Å². The van der Waals surface area contributed by atoms with Crippen molar-refractivity contribution in [3.63, 3.8) is 0 Å². The van der Waals surface area contributed by atoms with Gasteiger partial charge in [-0.1, -0.05) is 25.4 Å². The van der Waals surface area contributed by atoms with Crippen LogP contribution in [0.3, 0.4) is 0 Å². The number of anilines is 1. The highest BCUT2D eigenvalue weighted by molar-refractivity contribution is 6.30. The van der Waals surface area contributed by atoms with E-state index >= 15 is 0 Å². The highest BCUT2D eigenvalue weighted by atomic mass is 35.5. The minimum absolute atomic E-state index is 0.809. The molecule has 0 aliphatic rings. The lowest BCUT2D eigenvalue weighted by Gasteiger charge is -2.27. The molecule has 0 saturated heterocycles. The lowest BCUT2D eigenvalue weighted by molar-refractivity contribution is 0.300. The van der Waals surface area contributed by atoms with Crippen LogP contribution in [0.5, 0.6) is 0 Å². The number of rotatable bonds is 10. The van der Waals surface area contributed by atoms with Gasteiger partial charge in [-0.25, -0.2) is 0 Å². The monoisotopic (exact) mass is 311 g/mol. The Kier molecular flexibility index (Phi) is 8.74. The lowest BCUT2D eigenvalue weighted by atomic mass is 10.1. The molecule has 0 heterocycles. The third-order valence-corrected chi connectivity index (χ3v) is 4.16. The highest BCUT2D eigenvalue weighted by Crippen LogP contribution is 2.24. The Balaban J connectivity index is 2.71. The summed E-state index contributed by atoms with van der Waals surface area (Å²) in [6.07, 6.45) is 1.19. The maximum Gasteiger partial charge on any atom is 0.0412 e. The van der Waals surface area contributed by atoms with E-state index in [1.807, 2.05) is 13.1 Å². The first-order valence-corrected chi connectivity index (χ1v) is 8.44. The molecule has 0 aliphatic heterocycles. The molecule has 1 aromatic carbocycles.